The topological polar surface area (TPSA) is 66.5 Å². The summed E-state index contributed by atoms with van der Waals surface area (Å²) in [5.74, 6) is 1.33. The van der Waals surface area contributed by atoms with Crippen LogP contribution in [0.5, 0.6) is 0 Å². The minimum Gasteiger partial charge on any atom is -0.370 e. The van der Waals surface area contributed by atoms with Crippen molar-refractivity contribution < 1.29 is 0 Å². The maximum Gasteiger partial charge on any atom is 0.188 e. The van der Waals surface area contributed by atoms with Gasteiger partial charge in [-0.1, -0.05) is 43.3 Å². The second kappa shape index (κ2) is 10.1. The lowest BCUT2D eigenvalue weighted by atomic mass is 9.96. The van der Waals surface area contributed by atoms with Crippen LogP contribution in [0.1, 0.15) is 37.1 Å². The summed E-state index contributed by atoms with van der Waals surface area (Å²) in [7, 11) is 0. The average Bonchev–Trinajstić information content (AvgIpc) is 2.71. The fourth-order valence-electron chi connectivity index (χ4n) is 3.55. The van der Waals surface area contributed by atoms with Crippen molar-refractivity contribution in [2.24, 2.45) is 16.6 Å². The van der Waals surface area contributed by atoms with Gasteiger partial charge in [-0.25, -0.2) is 0 Å². The molecule has 0 saturated carbocycles. The molecule has 5 heteroatoms. The Labute approximate surface area is 162 Å². The van der Waals surface area contributed by atoms with Crippen LogP contribution in [0.3, 0.4) is 0 Å². The van der Waals surface area contributed by atoms with Crippen LogP contribution in [-0.2, 0) is 6.42 Å². The number of hydrogen-bond acceptors (Lipinski definition) is 3. The fourth-order valence-corrected chi connectivity index (χ4v) is 3.55. The lowest BCUT2D eigenvalue weighted by Gasteiger charge is -2.36. The summed E-state index contributed by atoms with van der Waals surface area (Å²) in [4.78, 5) is 11.5. The molecule has 5 nitrogen and oxygen atoms in total. The van der Waals surface area contributed by atoms with E-state index in [1.54, 1.807) is 0 Å². The molecule has 1 aromatic heterocycles. The van der Waals surface area contributed by atoms with Crippen molar-refractivity contribution in [2.75, 3.05) is 26.2 Å². The van der Waals surface area contributed by atoms with Crippen LogP contribution in [0.15, 0.2) is 59.7 Å². The number of hydrogen-bond donors (Lipinski definition) is 2. The first-order valence-electron chi connectivity index (χ1n) is 9.95. The highest BCUT2D eigenvalue weighted by Gasteiger charge is 2.24. The van der Waals surface area contributed by atoms with Crippen molar-refractivity contribution in [3.05, 3.63) is 66.0 Å². The molecule has 1 aromatic carbocycles. The third-order valence-electron chi connectivity index (χ3n) is 5.29. The summed E-state index contributed by atoms with van der Waals surface area (Å²) in [5, 5.41) is 3.22. The van der Waals surface area contributed by atoms with Crippen LogP contribution in [0.25, 0.3) is 0 Å². The minimum absolute atomic E-state index is 0.287. The number of benzene rings is 1. The molecule has 1 atom stereocenters. The summed E-state index contributed by atoms with van der Waals surface area (Å²) < 4.78 is 0. The van der Waals surface area contributed by atoms with Crippen LogP contribution >= 0.6 is 0 Å². The number of nitrogens with zero attached hydrogens (tertiary/aromatic N) is 3. The Morgan fingerprint density at radius 3 is 2.63 bits per heavy atom. The van der Waals surface area contributed by atoms with Gasteiger partial charge in [0.2, 0.25) is 0 Å². The molecule has 0 radical (unpaired) electrons. The number of rotatable bonds is 7. The molecule has 1 aliphatic rings. The van der Waals surface area contributed by atoms with Crippen molar-refractivity contribution >= 4 is 5.96 Å². The van der Waals surface area contributed by atoms with E-state index >= 15 is 0 Å². The summed E-state index contributed by atoms with van der Waals surface area (Å²) in [6, 6.07) is 16.9. The van der Waals surface area contributed by atoms with Crippen molar-refractivity contribution in [1.29, 1.82) is 0 Å². The van der Waals surface area contributed by atoms with Crippen LogP contribution in [0, 0.1) is 5.92 Å². The second-order valence-corrected chi connectivity index (χ2v) is 7.37. The number of likely N-dealkylation sites (tertiary alicyclic amines) is 1. The Morgan fingerprint density at radius 1 is 1.19 bits per heavy atom. The number of aromatic nitrogens is 1. The van der Waals surface area contributed by atoms with Crippen molar-refractivity contribution in [2.45, 2.75) is 32.2 Å². The largest absolute Gasteiger partial charge is 0.370 e. The van der Waals surface area contributed by atoms with E-state index in [1.807, 2.05) is 24.4 Å². The van der Waals surface area contributed by atoms with Crippen molar-refractivity contribution in [1.82, 2.24) is 15.2 Å². The van der Waals surface area contributed by atoms with Crippen LogP contribution in [0.2, 0.25) is 0 Å². The predicted molar refractivity (Wildman–Crippen MR) is 112 cm³/mol. The first kappa shape index (κ1) is 19.4. The Balaban J connectivity index is 1.57. The first-order valence-corrected chi connectivity index (χ1v) is 9.95. The van der Waals surface area contributed by atoms with Gasteiger partial charge in [0, 0.05) is 24.9 Å². The quantitative estimate of drug-likeness (QED) is 0.585. The van der Waals surface area contributed by atoms with Crippen molar-refractivity contribution in [3.63, 3.8) is 0 Å². The lowest BCUT2D eigenvalue weighted by molar-refractivity contribution is 0.141. The maximum atomic E-state index is 6.12. The molecule has 3 N–H and O–H groups in total. The van der Waals surface area contributed by atoms with E-state index in [0.717, 1.165) is 37.7 Å². The number of nitrogens with two attached hydrogens (primary N) is 1. The summed E-state index contributed by atoms with van der Waals surface area (Å²) in [6.07, 6.45) is 5.16. The molecule has 1 unspecified atom stereocenters. The fraction of sp³-hybridized carbons (Fsp3) is 0.455. The maximum absolute atomic E-state index is 6.12. The molecule has 144 valence electrons. The van der Waals surface area contributed by atoms with E-state index in [9.17, 15) is 0 Å². The molecule has 0 spiro atoms. The van der Waals surface area contributed by atoms with Gasteiger partial charge < -0.3 is 11.1 Å². The Hall–Kier alpha value is -2.40. The zero-order valence-electron chi connectivity index (χ0n) is 16.2. The Bertz CT molecular complexity index is 693. The molecule has 1 aliphatic heterocycles. The minimum atomic E-state index is 0.287. The van der Waals surface area contributed by atoms with Gasteiger partial charge in [0.05, 0.1) is 12.6 Å². The molecule has 1 saturated heterocycles. The van der Waals surface area contributed by atoms with Crippen molar-refractivity contribution in [3.8, 4) is 0 Å². The highest BCUT2D eigenvalue weighted by atomic mass is 15.2. The molecule has 0 bridgehead atoms. The van der Waals surface area contributed by atoms with E-state index < -0.39 is 0 Å². The highest BCUT2D eigenvalue weighted by Crippen LogP contribution is 2.27. The zero-order valence-corrected chi connectivity index (χ0v) is 16.2. The number of guanidine groups is 1. The smallest absolute Gasteiger partial charge is 0.188 e. The lowest BCUT2D eigenvalue weighted by Crippen LogP contribution is -2.39. The number of nitrogens with one attached hydrogen (secondary N) is 1. The van der Waals surface area contributed by atoms with Crippen LogP contribution in [0.4, 0.5) is 0 Å². The van der Waals surface area contributed by atoms with E-state index in [1.165, 1.54) is 18.4 Å². The SMILES string of the molecule is CC1CCN(C(CN=C(N)NCCc2ccccn2)c2ccccc2)CC1. The normalized spacial score (nSPS) is 17.6. The van der Waals surface area contributed by atoms with E-state index in [2.05, 4.69) is 57.4 Å². The molecule has 0 amide bonds. The third-order valence-corrected chi connectivity index (χ3v) is 5.29. The second-order valence-electron chi connectivity index (χ2n) is 7.37. The molecule has 1 fully saturated rings. The first-order chi connectivity index (χ1) is 13.2. The zero-order chi connectivity index (χ0) is 18.9. The molecular formula is C22H31N5. The number of pyridine rings is 1. The Morgan fingerprint density at radius 2 is 1.93 bits per heavy atom. The average molecular weight is 366 g/mol. The molecule has 0 aliphatic carbocycles. The standard InChI is InChI=1S/C22H31N5/c1-18-11-15-27(16-12-18)21(19-7-3-2-4-8-19)17-26-22(23)25-14-10-20-9-5-6-13-24-20/h2-9,13,18,21H,10-12,14-17H2,1H3,(H3,23,25,26). The van der Waals surface area contributed by atoms with Crippen LogP contribution in [-0.4, -0.2) is 42.0 Å². The van der Waals surface area contributed by atoms with Gasteiger partial charge in [-0.3, -0.25) is 14.9 Å². The van der Waals surface area contributed by atoms with E-state index in [-0.39, 0.29) is 6.04 Å². The summed E-state index contributed by atoms with van der Waals surface area (Å²) in [5.41, 5.74) is 8.49. The van der Waals surface area contributed by atoms with Gasteiger partial charge in [0.15, 0.2) is 5.96 Å². The third kappa shape index (κ3) is 6.07. The molecule has 27 heavy (non-hydrogen) atoms. The highest BCUT2D eigenvalue weighted by molar-refractivity contribution is 5.77. The molecule has 2 heterocycles. The summed E-state index contributed by atoms with van der Waals surface area (Å²) >= 11 is 0. The van der Waals surface area contributed by atoms with Gasteiger partial charge in [-0.15, -0.1) is 0 Å². The van der Waals surface area contributed by atoms with Gasteiger partial charge in [-0.05, 0) is 49.5 Å². The number of piperidine rings is 1. The van der Waals surface area contributed by atoms with E-state index in [4.69, 9.17) is 5.73 Å². The van der Waals surface area contributed by atoms with Gasteiger partial charge in [0.25, 0.3) is 0 Å². The summed E-state index contributed by atoms with van der Waals surface area (Å²) in [6.45, 7) is 6.02. The van der Waals surface area contributed by atoms with Gasteiger partial charge >= 0.3 is 0 Å². The monoisotopic (exact) mass is 365 g/mol. The van der Waals surface area contributed by atoms with Gasteiger partial charge in [-0.2, -0.15) is 0 Å². The van der Waals surface area contributed by atoms with E-state index in [0.29, 0.717) is 12.5 Å². The molecule has 3 rings (SSSR count). The predicted octanol–water partition coefficient (Wildman–Crippen LogP) is 3.00. The molecular weight excluding hydrogens is 334 g/mol. The Kier molecular flexibility index (Phi) is 7.22. The number of aliphatic imine (C=N–C) groups is 1. The molecule has 2 aromatic rings. The van der Waals surface area contributed by atoms with Crippen LogP contribution < -0.4 is 11.1 Å². The van der Waals surface area contributed by atoms with Gasteiger partial charge in [0.1, 0.15) is 0 Å².